The van der Waals surface area contributed by atoms with Gasteiger partial charge >= 0.3 is 0 Å². The lowest BCUT2D eigenvalue weighted by atomic mass is 10.1. The maximum absolute atomic E-state index is 5.68. The predicted molar refractivity (Wildman–Crippen MR) is 74.4 cm³/mol. The summed E-state index contributed by atoms with van der Waals surface area (Å²) in [5.41, 5.74) is 2.38. The van der Waals surface area contributed by atoms with Gasteiger partial charge in [0.25, 0.3) is 0 Å². The van der Waals surface area contributed by atoms with Crippen molar-refractivity contribution < 1.29 is 9.47 Å². The van der Waals surface area contributed by atoms with Crippen molar-refractivity contribution in [2.45, 2.75) is 45.8 Å². The number of anilines is 1. The van der Waals surface area contributed by atoms with Crippen LogP contribution in [-0.2, 0) is 4.74 Å². The van der Waals surface area contributed by atoms with Gasteiger partial charge in [-0.3, -0.25) is 0 Å². The van der Waals surface area contributed by atoms with E-state index in [0.717, 1.165) is 18.9 Å². The minimum atomic E-state index is 0.218. The summed E-state index contributed by atoms with van der Waals surface area (Å²) in [4.78, 5) is 0. The molecule has 1 fully saturated rings. The Labute approximate surface area is 109 Å². The van der Waals surface area contributed by atoms with Crippen LogP contribution in [0.15, 0.2) is 18.2 Å². The van der Waals surface area contributed by atoms with Gasteiger partial charge in [0.1, 0.15) is 5.75 Å². The van der Waals surface area contributed by atoms with Crippen molar-refractivity contribution >= 4 is 5.69 Å². The second kappa shape index (κ2) is 6.10. The molecule has 18 heavy (non-hydrogen) atoms. The summed E-state index contributed by atoms with van der Waals surface area (Å²) < 4.78 is 11.3. The van der Waals surface area contributed by atoms with E-state index in [1.54, 1.807) is 0 Å². The third kappa shape index (κ3) is 3.64. The van der Waals surface area contributed by atoms with E-state index < -0.39 is 0 Å². The van der Waals surface area contributed by atoms with E-state index in [2.05, 4.69) is 24.4 Å². The zero-order chi connectivity index (χ0) is 13.0. The van der Waals surface area contributed by atoms with Crippen LogP contribution in [0.4, 0.5) is 5.69 Å². The van der Waals surface area contributed by atoms with Gasteiger partial charge in [0.15, 0.2) is 0 Å². The molecule has 3 nitrogen and oxygen atoms in total. The summed E-state index contributed by atoms with van der Waals surface area (Å²) in [6, 6.07) is 6.19. The van der Waals surface area contributed by atoms with Gasteiger partial charge in [0, 0.05) is 18.8 Å². The average molecular weight is 249 g/mol. The lowest BCUT2D eigenvalue weighted by Gasteiger charge is -2.15. The molecule has 1 aromatic rings. The fraction of sp³-hybridized carbons (Fsp3) is 0.600. The fourth-order valence-corrected chi connectivity index (χ4v) is 2.21. The van der Waals surface area contributed by atoms with Gasteiger partial charge in [0.05, 0.1) is 12.2 Å². The highest BCUT2D eigenvalue weighted by Gasteiger charge is 2.15. The molecule has 0 bridgehead atoms. The largest absolute Gasteiger partial charge is 0.491 e. The minimum absolute atomic E-state index is 0.218. The molecule has 0 aliphatic carbocycles. The smallest absolute Gasteiger partial charge is 0.120 e. The monoisotopic (exact) mass is 249 g/mol. The molecule has 0 spiro atoms. The van der Waals surface area contributed by atoms with Gasteiger partial charge in [-0.1, -0.05) is 0 Å². The molecule has 1 aromatic carbocycles. The molecule has 0 radical (unpaired) electrons. The topological polar surface area (TPSA) is 30.5 Å². The number of aryl methyl sites for hydroxylation is 1. The van der Waals surface area contributed by atoms with Crippen LogP contribution in [0.3, 0.4) is 0 Å². The number of benzene rings is 1. The molecule has 1 N–H and O–H groups in total. The van der Waals surface area contributed by atoms with Crippen LogP contribution in [0.1, 0.15) is 32.3 Å². The van der Waals surface area contributed by atoms with Gasteiger partial charge in [0.2, 0.25) is 0 Å². The first-order valence-electron chi connectivity index (χ1n) is 6.78. The van der Waals surface area contributed by atoms with E-state index in [9.17, 15) is 0 Å². The molecular weight excluding hydrogens is 226 g/mol. The lowest BCUT2D eigenvalue weighted by Crippen LogP contribution is -2.18. The van der Waals surface area contributed by atoms with E-state index in [0.29, 0.717) is 6.10 Å². The number of nitrogens with one attached hydrogen (secondary N) is 1. The number of hydrogen-bond donors (Lipinski definition) is 1. The minimum Gasteiger partial charge on any atom is -0.491 e. The Kier molecular flexibility index (Phi) is 4.48. The van der Waals surface area contributed by atoms with E-state index in [4.69, 9.17) is 9.47 Å². The van der Waals surface area contributed by atoms with Crippen LogP contribution in [0, 0.1) is 6.92 Å². The van der Waals surface area contributed by atoms with Gasteiger partial charge in [-0.2, -0.15) is 0 Å². The van der Waals surface area contributed by atoms with Crippen molar-refractivity contribution in [1.82, 2.24) is 0 Å². The highest BCUT2D eigenvalue weighted by Crippen LogP contribution is 2.23. The summed E-state index contributed by atoms with van der Waals surface area (Å²) in [5, 5.41) is 3.45. The second-order valence-electron chi connectivity index (χ2n) is 5.16. The molecule has 2 rings (SSSR count). The molecular formula is C15H23NO2. The predicted octanol–water partition coefficient (Wildman–Crippen LogP) is 3.37. The standard InChI is InChI=1S/C15H23NO2/c1-11(2)18-13-6-7-15(12(3)9-13)16-10-14-5-4-8-17-14/h6-7,9,11,14,16H,4-5,8,10H2,1-3H3. The summed E-state index contributed by atoms with van der Waals surface area (Å²) in [5.74, 6) is 0.935. The first-order valence-corrected chi connectivity index (χ1v) is 6.78. The van der Waals surface area contributed by atoms with Gasteiger partial charge < -0.3 is 14.8 Å². The Hall–Kier alpha value is -1.22. The zero-order valence-electron chi connectivity index (χ0n) is 11.5. The van der Waals surface area contributed by atoms with E-state index in [1.165, 1.54) is 24.1 Å². The van der Waals surface area contributed by atoms with Crippen molar-refractivity contribution in [3.8, 4) is 5.75 Å². The van der Waals surface area contributed by atoms with E-state index in [1.807, 2.05) is 19.9 Å². The molecule has 100 valence electrons. The van der Waals surface area contributed by atoms with Crippen LogP contribution in [0.25, 0.3) is 0 Å². The lowest BCUT2D eigenvalue weighted by molar-refractivity contribution is 0.120. The highest BCUT2D eigenvalue weighted by atomic mass is 16.5. The Balaban J connectivity index is 1.92. The van der Waals surface area contributed by atoms with E-state index >= 15 is 0 Å². The molecule has 0 amide bonds. The SMILES string of the molecule is Cc1cc(OC(C)C)ccc1NCC1CCCO1. The highest BCUT2D eigenvalue weighted by molar-refractivity contribution is 5.53. The Morgan fingerprint density at radius 1 is 1.44 bits per heavy atom. The number of rotatable bonds is 5. The van der Waals surface area contributed by atoms with Crippen molar-refractivity contribution in [2.75, 3.05) is 18.5 Å². The third-order valence-electron chi connectivity index (χ3n) is 3.11. The molecule has 1 unspecified atom stereocenters. The van der Waals surface area contributed by atoms with Gasteiger partial charge in [-0.25, -0.2) is 0 Å². The molecule has 1 aliphatic rings. The van der Waals surface area contributed by atoms with Crippen LogP contribution in [-0.4, -0.2) is 25.4 Å². The Bertz CT molecular complexity index is 384. The maximum Gasteiger partial charge on any atom is 0.120 e. The summed E-state index contributed by atoms with van der Waals surface area (Å²) in [6.07, 6.45) is 2.94. The van der Waals surface area contributed by atoms with Crippen LogP contribution in [0.5, 0.6) is 5.75 Å². The summed E-state index contributed by atoms with van der Waals surface area (Å²) in [7, 11) is 0. The first-order chi connectivity index (χ1) is 8.65. The maximum atomic E-state index is 5.68. The summed E-state index contributed by atoms with van der Waals surface area (Å²) >= 11 is 0. The van der Waals surface area contributed by atoms with Crippen LogP contribution < -0.4 is 10.1 Å². The van der Waals surface area contributed by atoms with Gasteiger partial charge in [-0.15, -0.1) is 0 Å². The third-order valence-corrected chi connectivity index (χ3v) is 3.11. The normalized spacial score (nSPS) is 19.2. The second-order valence-corrected chi connectivity index (χ2v) is 5.16. The zero-order valence-corrected chi connectivity index (χ0v) is 11.5. The Morgan fingerprint density at radius 3 is 2.89 bits per heavy atom. The molecule has 0 saturated carbocycles. The fourth-order valence-electron chi connectivity index (χ4n) is 2.21. The van der Waals surface area contributed by atoms with E-state index in [-0.39, 0.29) is 6.10 Å². The molecule has 1 heterocycles. The summed E-state index contributed by atoms with van der Waals surface area (Å²) in [6.45, 7) is 7.99. The van der Waals surface area contributed by atoms with Crippen molar-refractivity contribution in [1.29, 1.82) is 0 Å². The van der Waals surface area contributed by atoms with Crippen LogP contribution in [0.2, 0.25) is 0 Å². The quantitative estimate of drug-likeness (QED) is 0.868. The van der Waals surface area contributed by atoms with Crippen molar-refractivity contribution in [3.63, 3.8) is 0 Å². The van der Waals surface area contributed by atoms with Crippen molar-refractivity contribution in [3.05, 3.63) is 23.8 Å². The molecule has 3 heteroatoms. The first kappa shape index (κ1) is 13.2. The molecule has 1 atom stereocenters. The number of hydrogen-bond acceptors (Lipinski definition) is 3. The molecule has 1 aliphatic heterocycles. The van der Waals surface area contributed by atoms with Gasteiger partial charge in [-0.05, 0) is 57.4 Å². The molecule has 0 aromatic heterocycles. The Morgan fingerprint density at radius 2 is 2.28 bits per heavy atom. The van der Waals surface area contributed by atoms with Crippen LogP contribution >= 0.6 is 0 Å². The van der Waals surface area contributed by atoms with Crippen molar-refractivity contribution in [2.24, 2.45) is 0 Å². The molecule has 1 saturated heterocycles. The average Bonchev–Trinajstić information content (AvgIpc) is 2.80. The number of ether oxygens (including phenoxy) is 2.